The van der Waals surface area contributed by atoms with E-state index in [-0.39, 0.29) is 18.1 Å². The molecule has 2 aliphatic heterocycles. The Bertz CT molecular complexity index is 1010. The van der Waals surface area contributed by atoms with E-state index in [1.165, 1.54) is 5.39 Å². The van der Waals surface area contributed by atoms with Crippen molar-refractivity contribution in [2.45, 2.75) is 25.0 Å². The van der Waals surface area contributed by atoms with Gasteiger partial charge in [0.05, 0.1) is 23.4 Å². The second kappa shape index (κ2) is 7.58. The minimum Gasteiger partial charge on any atom is -0.363 e. The maximum Gasteiger partial charge on any atom is 0.253 e. The number of likely N-dealkylation sites (tertiary alicyclic amines) is 1. The zero-order valence-electron chi connectivity index (χ0n) is 16.5. The van der Waals surface area contributed by atoms with Crippen LogP contribution in [0.1, 0.15) is 18.5 Å². The molecule has 1 spiro atoms. The monoisotopic (exact) mass is 387 g/mol. The number of nitrogens with zero attached hydrogens (tertiary/aromatic N) is 3. The van der Waals surface area contributed by atoms with Gasteiger partial charge in [0.2, 0.25) is 0 Å². The highest BCUT2D eigenvalue weighted by atomic mass is 16.5. The zero-order valence-corrected chi connectivity index (χ0v) is 16.5. The van der Waals surface area contributed by atoms with Crippen LogP contribution in [-0.2, 0) is 16.1 Å². The number of anilines is 1. The maximum absolute atomic E-state index is 12.4. The minimum absolute atomic E-state index is 0.0459. The Labute approximate surface area is 170 Å². The molecule has 0 N–H and O–H groups in total. The van der Waals surface area contributed by atoms with Gasteiger partial charge in [-0.15, -0.1) is 0 Å². The number of rotatable bonds is 3. The molecule has 0 aliphatic carbocycles. The van der Waals surface area contributed by atoms with Gasteiger partial charge in [-0.2, -0.15) is 0 Å². The van der Waals surface area contributed by atoms with E-state index in [4.69, 9.17) is 9.72 Å². The molecule has 3 heterocycles. The minimum atomic E-state index is -0.239. The second-order valence-corrected chi connectivity index (χ2v) is 8.06. The van der Waals surface area contributed by atoms with Crippen molar-refractivity contribution in [1.29, 1.82) is 0 Å². The Morgan fingerprint density at radius 1 is 0.931 bits per heavy atom. The van der Waals surface area contributed by atoms with Crippen molar-refractivity contribution < 1.29 is 9.53 Å². The Morgan fingerprint density at radius 2 is 1.69 bits per heavy atom. The summed E-state index contributed by atoms with van der Waals surface area (Å²) in [5.41, 5.74) is 2.87. The molecule has 1 amide bonds. The molecule has 3 aromatic rings. The summed E-state index contributed by atoms with van der Waals surface area (Å²) in [5.74, 6) is 0.0459. The molecule has 29 heavy (non-hydrogen) atoms. The molecule has 2 aromatic carbocycles. The molecule has 148 valence electrons. The quantitative estimate of drug-likeness (QED) is 0.688. The molecular formula is C24H25N3O2. The van der Waals surface area contributed by atoms with Gasteiger partial charge >= 0.3 is 0 Å². The van der Waals surface area contributed by atoms with Crippen LogP contribution in [0.5, 0.6) is 0 Å². The Morgan fingerprint density at radius 3 is 2.52 bits per heavy atom. The number of ether oxygens (including phenoxy) is 1. The number of amides is 1. The largest absolute Gasteiger partial charge is 0.363 e. The smallest absolute Gasteiger partial charge is 0.253 e. The highest BCUT2D eigenvalue weighted by molar-refractivity contribution is 5.95. The average Bonchev–Trinajstić information content (AvgIpc) is 2.78. The molecule has 0 unspecified atom stereocenters. The number of carbonyl (C=O) groups is 1. The average molecular weight is 387 g/mol. The van der Waals surface area contributed by atoms with Crippen LogP contribution in [0.4, 0.5) is 5.69 Å². The SMILES string of the molecule is O=C1COC2(CCN(Cc3ccc4ccccc4n3)CC2)CN1c1ccccc1. The highest BCUT2D eigenvalue weighted by Gasteiger charge is 2.42. The summed E-state index contributed by atoms with van der Waals surface area (Å²) in [7, 11) is 0. The third kappa shape index (κ3) is 3.76. The van der Waals surface area contributed by atoms with Crippen LogP contribution >= 0.6 is 0 Å². The van der Waals surface area contributed by atoms with Crippen molar-refractivity contribution >= 4 is 22.5 Å². The van der Waals surface area contributed by atoms with Gasteiger partial charge in [-0.05, 0) is 37.1 Å². The lowest BCUT2D eigenvalue weighted by Gasteiger charge is -2.47. The number of hydrogen-bond donors (Lipinski definition) is 0. The van der Waals surface area contributed by atoms with Crippen LogP contribution in [0.3, 0.4) is 0 Å². The molecule has 5 rings (SSSR count). The van der Waals surface area contributed by atoms with E-state index < -0.39 is 0 Å². The number of para-hydroxylation sites is 2. The lowest BCUT2D eigenvalue weighted by atomic mass is 9.89. The number of pyridine rings is 1. The summed E-state index contributed by atoms with van der Waals surface area (Å²) in [5, 5.41) is 1.18. The van der Waals surface area contributed by atoms with Crippen molar-refractivity contribution in [3.63, 3.8) is 0 Å². The molecule has 2 fully saturated rings. The van der Waals surface area contributed by atoms with Crippen molar-refractivity contribution in [2.24, 2.45) is 0 Å². The first-order valence-electron chi connectivity index (χ1n) is 10.3. The van der Waals surface area contributed by atoms with Crippen LogP contribution in [0.25, 0.3) is 10.9 Å². The third-order valence-electron chi connectivity index (χ3n) is 6.13. The fraction of sp³-hybridized carbons (Fsp3) is 0.333. The fourth-order valence-electron chi connectivity index (χ4n) is 4.40. The third-order valence-corrected chi connectivity index (χ3v) is 6.13. The first kappa shape index (κ1) is 18.3. The van der Waals surface area contributed by atoms with Gasteiger partial charge in [0, 0.05) is 30.7 Å². The van der Waals surface area contributed by atoms with E-state index >= 15 is 0 Å². The summed E-state index contributed by atoms with van der Waals surface area (Å²) in [6, 6.07) is 22.4. The van der Waals surface area contributed by atoms with E-state index in [0.29, 0.717) is 6.54 Å². The van der Waals surface area contributed by atoms with Crippen molar-refractivity contribution in [1.82, 2.24) is 9.88 Å². The van der Waals surface area contributed by atoms with Gasteiger partial charge < -0.3 is 9.64 Å². The molecule has 0 atom stereocenters. The van der Waals surface area contributed by atoms with Gasteiger partial charge in [0.15, 0.2) is 0 Å². The predicted octanol–water partition coefficient (Wildman–Crippen LogP) is 3.63. The maximum atomic E-state index is 12.4. The molecule has 5 heteroatoms. The van der Waals surface area contributed by atoms with Gasteiger partial charge in [-0.3, -0.25) is 14.7 Å². The van der Waals surface area contributed by atoms with Crippen LogP contribution in [-0.4, -0.2) is 47.6 Å². The van der Waals surface area contributed by atoms with Crippen LogP contribution in [0.2, 0.25) is 0 Å². The van der Waals surface area contributed by atoms with E-state index in [2.05, 4.69) is 29.2 Å². The van der Waals surface area contributed by atoms with Crippen molar-refractivity contribution in [3.05, 3.63) is 72.4 Å². The van der Waals surface area contributed by atoms with Gasteiger partial charge in [-0.1, -0.05) is 42.5 Å². The fourth-order valence-corrected chi connectivity index (χ4v) is 4.40. The van der Waals surface area contributed by atoms with E-state index in [0.717, 1.165) is 49.4 Å². The molecule has 0 bridgehead atoms. The Kier molecular flexibility index (Phi) is 4.78. The van der Waals surface area contributed by atoms with Crippen LogP contribution in [0, 0.1) is 0 Å². The lowest BCUT2D eigenvalue weighted by Crippen LogP contribution is -2.58. The number of benzene rings is 2. The second-order valence-electron chi connectivity index (χ2n) is 8.06. The Balaban J connectivity index is 1.25. The summed E-state index contributed by atoms with van der Waals surface area (Å²) < 4.78 is 6.09. The van der Waals surface area contributed by atoms with Crippen LogP contribution < -0.4 is 4.90 Å². The molecule has 5 nitrogen and oxygen atoms in total. The van der Waals surface area contributed by atoms with Gasteiger partial charge in [0.25, 0.3) is 5.91 Å². The molecule has 1 aromatic heterocycles. The highest BCUT2D eigenvalue weighted by Crippen LogP contribution is 2.33. The summed E-state index contributed by atoms with van der Waals surface area (Å²) in [6.07, 6.45) is 1.86. The molecular weight excluding hydrogens is 362 g/mol. The first-order valence-corrected chi connectivity index (χ1v) is 10.3. The number of carbonyl (C=O) groups excluding carboxylic acids is 1. The normalized spacial score (nSPS) is 19.7. The molecule has 0 saturated carbocycles. The number of aromatic nitrogens is 1. The molecule has 0 radical (unpaired) electrons. The van der Waals surface area contributed by atoms with Gasteiger partial charge in [0.1, 0.15) is 6.61 Å². The summed E-state index contributed by atoms with van der Waals surface area (Å²) in [6.45, 7) is 3.55. The first-order chi connectivity index (χ1) is 14.2. The standard InChI is InChI=1S/C24H25N3O2/c28-23-17-29-24(18-27(23)21-7-2-1-3-8-21)12-14-26(15-13-24)16-20-11-10-19-6-4-5-9-22(19)25-20/h1-11H,12-18H2. The van der Waals surface area contributed by atoms with Gasteiger partial charge in [-0.25, -0.2) is 0 Å². The number of morpholine rings is 1. The van der Waals surface area contributed by atoms with Crippen molar-refractivity contribution in [3.8, 4) is 0 Å². The zero-order chi connectivity index (χ0) is 19.7. The number of fused-ring (bicyclic) bond motifs is 1. The van der Waals surface area contributed by atoms with E-state index in [1.807, 2.05) is 47.4 Å². The molecule has 2 aliphatic rings. The summed E-state index contributed by atoms with van der Waals surface area (Å²) in [4.78, 5) is 21.6. The predicted molar refractivity (Wildman–Crippen MR) is 114 cm³/mol. The van der Waals surface area contributed by atoms with Crippen molar-refractivity contribution in [2.75, 3.05) is 31.1 Å². The van der Waals surface area contributed by atoms with E-state index in [1.54, 1.807) is 0 Å². The van der Waals surface area contributed by atoms with Crippen LogP contribution in [0.15, 0.2) is 66.7 Å². The van der Waals surface area contributed by atoms with E-state index in [9.17, 15) is 4.79 Å². The summed E-state index contributed by atoms with van der Waals surface area (Å²) >= 11 is 0. The number of piperidine rings is 1. The lowest BCUT2D eigenvalue weighted by molar-refractivity contribution is -0.145. The molecule has 2 saturated heterocycles. The number of hydrogen-bond acceptors (Lipinski definition) is 4. The Hall–Kier alpha value is -2.76. The topological polar surface area (TPSA) is 45.7 Å².